The molecule has 0 aliphatic carbocycles. The third-order valence-electron chi connectivity index (χ3n) is 2.47. The van der Waals surface area contributed by atoms with E-state index < -0.39 is 10.0 Å². The van der Waals surface area contributed by atoms with Crippen LogP contribution in [-0.2, 0) is 10.0 Å². The topological polar surface area (TPSA) is 121 Å². The van der Waals surface area contributed by atoms with Gasteiger partial charge in [0.15, 0.2) is 0 Å². The maximum atomic E-state index is 12.0. The van der Waals surface area contributed by atoms with Gasteiger partial charge in [0.25, 0.3) is 0 Å². The summed E-state index contributed by atoms with van der Waals surface area (Å²) in [6, 6.07) is -0.334. The molecule has 0 aromatic carbocycles. The van der Waals surface area contributed by atoms with Crippen LogP contribution >= 0.6 is 0 Å². The Balaban J connectivity index is 2.89. The molecule has 0 saturated heterocycles. The molecule has 0 amide bonds. The molecule has 0 radical (unpaired) electrons. The SMILES string of the molecule is CC(C)C(CCO)NS(=O)(=O)c1cn[nH]c1N. The van der Waals surface area contributed by atoms with Crippen LogP contribution in [0.5, 0.6) is 0 Å². The maximum absolute atomic E-state index is 12.0. The average Bonchev–Trinajstić information content (AvgIpc) is 2.64. The second-order valence-electron chi connectivity index (χ2n) is 4.13. The molecule has 98 valence electrons. The monoisotopic (exact) mass is 262 g/mol. The van der Waals surface area contributed by atoms with Crippen molar-refractivity contribution in [2.75, 3.05) is 12.3 Å². The zero-order valence-corrected chi connectivity index (χ0v) is 10.7. The summed E-state index contributed by atoms with van der Waals surface area (Å²) >= 11 is 0. The van der Waals surface area contributed by atoms with Gasteiger partial charge >= 0.3 is 0 Å². The van der Waals surface area contributed by atoms with Crippen LogP contribution in [0.3, 0.4) is 0 Å². The van der Waals surface area contributed by atoms with E-state index in [1.807, 2.05) is 13.8 Å². The van der Waals surface area contributed by atoms with Gasteiger partial charge in [-0.3, -0.25) is 5.10 Å². The fourth-order valence-corrected chi connectivity index (χ4v) is 2.87. The number of nitrogens with two attached hydrogens (primary N) is 1. The molecule has 1 atom stereocenters. The van der Waals surface area contributed by atoms with Gasteiger partial charge in [0.2, 0.25) is 10.0 Å². The first-order valence-corrected chi connectivity index (χ1v) is 6.79. The second kappa shape index (κ2) is 5.48. The van der Waals surface area contributed by atoms with Gasteiger partial charge in [-0.05, 0) is 12.3 Å². The van der Waals surface area contributed by atoms with Crippen molar-refractivity contribution in [2.24, 2.45) is 5.92 Å². The van der Waals surface area contributed by atoms with Crippen LogP contribution in [0, 0.1) is 5.92 Å². The Morgan fingerprint density at radius 1 is 1.59 bits per heavy atom. The van der Waals surface area contributed by atoms with E-state index in [1.54, 1.807) is 0 Å². The molecule has 0 aliphatic rings. The third kappa shape index (κ3) is 3.42. The smallest absolute Gasteiger partial charge is 0.246 e. The summed E-state index contributed by atoms with van der Waals surface area (Å²) in [7, 11) is -3.69. The van der Waals surface area contributed by atoms with Gasteiger partial charge in [0.1, 0.15) is 10.7 Å². The van der Waals surface area contributed by atoms with Crippen LogP contribution in [0.2, 0.25) is 0 Å². The zero-order chi connectivity index (χ0) is 13.1. The van der Waals surface area contributed by atoms with Gasteiger partial charge in [-0.15, -0.1) is 0 Å². The number of anilines is 1. The van der Waals surface area contributed by atoms with Crippen LogP contribution in [0.25, 0.3) is 0 Å². The van der Waals surface area contributed by atoms with Gasteiger partial charge in [-0.2, -0.15) is 5.10 Å². The van der Waals surface area contributed by atoms with Crippen LogP contribution in [0.15, 0.2) is 11.1 Å². The van der Waals surface area contributed by atoms with Crippen molar-refractivity contribution in [2.45, 2.75) is 31.2 Å². The van der Waals surface area contributed by atoms with Crippen LogP contribution in [0.1, 0.15) is 20.3 Å². The fraction of sp³-hybridized carbons (Fsp3) is 0.667. The molecule has 5 N–H and O–H groups in total. The standard InChI is InChI=1S/C9H18N4O3S/c1-6(2)7(3-4-14)13-17(15,16)8-5-11-12-9(8)10/h5-7,13-14H,3-4H2,1-2H3,(H3,10,11,12). The van der Waals surface area contributed by atoms with E-state index >= 15 is 0 Å². The first-order chi connectivity index (χ1) is 7.88. The molecule has 0 bridgehead atoms. The normalized spacial score (nSPS) is 14.1. The Labute approximate surface area is 100 Å². The van der Waals surface area contributed by atoms with E-state index in [1.165, 1.54) is 0 Å². The van der Waals surface area contributed by atoms with Crippen molar-refractivity contribution >= 4 is 15.8 Å². The van der Waals surface area contributed by atoms with E-state index in [4.69, 9.17) is 10.8 Å². The fourth-order valence-electron chi connectivity index (χ4n) is 1.43. The van der Waals surface area contributed by atoms with Crippen LogP contribution in [0.4, 0.5) is 5.82 Å². The average molecular weight is 262 g/mol. The molecule has 0 saturated carbocycles. The molecule has 0 aliphatic heterocycles. The molecular formula is C9H18N4O3S. The minimum Gasteiger partial charge on any atom is -0.396 e. The van der Waals surface area contributed by atoms with E-state index in [9.17, 15) is 8.42 Å². The number of sulfonamides is 1. The molecule has 7 nitrogen and oxygen atoms in total. The summed E-state index contributed by atoms with van der Waals surface area (Å²) < 4.78 is 26.5. The number of rotatable bonds is 6. The summed E-state index contributed by atoms with van der Waals surface area (Å²) in [5.41, 5.74) is 5.47. The quantitative estimate of drug-likeness (QED) is 0.559. The van der Waals surface area contributed by atoms with Crippen molar-refractivity contribution < 1.29 is 13.5 Å². The zero-order valence-electron chi connectivity index (χ0n) is 9.84. The summed E-state index contributed by atoms with van der Waals surface area (Å²) in [6.45, 7) is 3.68. The number of hydrogen-bond donors (Lipinski definition) is 4. The third-order valence-corrected chi connectivity index (χ3v) is 3.99. The highest BCUT2D eigenvalue weighted by molar-refractivity contribution is 7.89. The molecule has 0 fully saturated rings. The van der Waals surface area contributed by atoms with E-state index in [2.05, 4.69) is 14.9 Å². The van der Waals surface area contributed by atoms with E-state index in [0.717, 1.165) is 6.20 Å². The molecule has 1 aromatic heterocycles. The Hall–Kier alpha value is -1.12. The molecule has 8 heteroatoms. The van der Waals surface area contributed by atoms with Gasteiger partial charge in [0, 0.05) is 12.6 Å². The number of nitrogens with one attached hydrogen (secondary N) is 2. The number of hydrogen-bond acceptors (Lipinski definition) is 5. The molecule has 1 unspecified atom stereocenters. The first kappa shape index (κ1) is 13.9. The number of H-pyrrole nitrogens is 1. The summed E-state index contributed by atoms with van der Waals surface area (Å²) in [5, 5.41) is 14.8. The minimum absolute atomic E-state index is 0.00371. The number of nitrogens with zero attached hydrogens (tertiary/aromatic N) is 1. The molecule has 1 heterocycles. The van der Waals surface area contributed by atoms with E-state index in [-0.39, 0.29) is 29.3 Å². The number of aromatic nitrogens is 2. The van der Waals surface area contributed by atoms with Crippen molar-refractivity contribution in [3.63, 3.8) is 0 Å². The highest BCUT2D eigenvalue weighted by atomic mass is 32.2. The maximum Gasteiger partial charge on any atom is 0.246 e. The largest absolute Gasteiger partial charge is 0.396 e. The Bertz CT molecular complexity index is 455. The molecule has 1 aromatic rings. The number of aliphatic hydroxyl groups excluding tert-OH is 1. The van der Waals surface area contributed by atoms with Crippen molar-refractivity contribution in [1.29, 1.82) is 0 Å². The molecule has 0 spiro atoms. The number of aliphatic hydroxyl groups is 1. The van der Waals surface area contributed by atoms with Gasteiger partial charge in [0.05, 0.1) is 6.20 Å². The highest BCUT2D eigenvalue weighted by Crippen LogP contribution is 2.16. The Kier molecular flexibility index (Phi) is 4.49. The predicted molar refractivity (Wildman–Crippen MR) is 63.7 cm³/mol. The lowest BCUT2D eigenvalue weighted by atomic mass is 10.0. The predicted octanol–water partition coefficient (Wildman–Crippen LogP) is -0.323. The van der Waals surface area contributed by atoms with Gasteiger partial charge in [-0.1, -0.05) is 13.8 Å². The summed E-state index contributed by atoms with van der Waals surface area (Å²) in [6.07, 6.45) is 1.52. The summed E-state index contributed by atoms with van der Waals surface area (Å²) in [5.74, 6) is 0.0778. The molecular weight excluding hydrogens is 244 g/mol. The second-order valence-corrected chi connectivity index (χ2v) is 5.81. The van der Waals surface area contributed by atoms with Crippen molar-refractivity contribution in [1.82, 2.24) is 14.9 Å². The van der Waals surface area contributed by atoms with Crippen LogP contribution in [-0.4, -0.2) is 36.4 Å². The highest BCUT2D eigenvalue weighted by Gasteiger charge is 2.24. The summed E-state index contributed by atoms with van der Waals surface area (Å²) in [4.78, 5) is -0.0684. The number of nitrogen functional groups attached to an aromatic ring is 1. The molecule has 1 rings (SSSR count). The van der Waals surface area contributed by atoms with Crippen LogP contribution < -0.4 is 10.5 Å². The Morgan fingerprint density at radius 3 is 2.65 bits per heavy atom. The number of aromatic amines is 1. The first-order valence-electron chi connectivity index (χ1n) is 5.30. The Morgan fingerprint density at radius 2 is 2.24 bits per heavy atom. The van der Waals surface area contributed by atoms with Gasteiger partial charge < -0.3 is 10.8 Å². The minimum atomic E-state index is -3.69. The van der Waals surface area contributed by atoms with Crippen molar-refractivity contribution in [3.8, 4) is 0 Å². The lowest BCUT2D eigenvalue weighted by molar-refractivity contribution is 0.256. The van der Waals surface area contributed by atoms with Gasteiger partial charge in [-0.25, -0.2) is 13.1 Å². The van der Waals surface area contributed by atoms with Crippen molar-refractivity contribution in [3.05, 3.63) is 6.20 Å². The lowest BCUT2D eigenvalue weighted by Gasteiger charge is -2.20. The van der Waals surface area contributed by atoms with E-state index in [0.29, 0.717) is 6.42 Å². The lowest BCUT2D eigenvalue weighted by Crippen LogP contribution is -2.39. The molecule has 17 heavy (non-hydrogen) atoms.